The third-order valence-electron chi connectivity index (χ3n) is 4.53. The molecule has 7 nitrogen and oxygen atoms in total. The molecule has 0 saturated heterocycles. The molecule has 0 fully saturated rings. The molecule has 2 aromatic carbocycles. The fraction of sp³-hybridized carbons (Fsp3) is 0.150. The zero-order valence-electron chi connectivity index (χ0n) is 15.5. The summed E-state index contributed by atoms with van der Waals surface area (Å²) >= 11 is 6.08. The smallest absolute Gasteiger partial charge is 0.416 e. The Morgan fingerprint density at radius 2 is 1.81 bits per heavy atom. The number of hydrogen-bond donors (Lipinski definition) is 4. The minimum atomic E-state index is -4.77. The second-order valence-corrected chi connectivity index (χ2v) is 6.94. The van der Waals surface area contributed by atoms with E-state index in [-0.39, 0.29) is 27.9 Å². The lowest BCUT2D eigenvalue weighted by molar-refractivity contribution is -0.138. The number of aliphatic carboxylic acids is 1. The molecule has 0 saturated carbocycles. The number of halogens is 4. The molecule has 1 amide bonds. The van der Waals surface area contributed by atoms with Gasteiger partial charge in [-0.2, -0.15) is 13.2 Å². The number of carboxylic acid groups (broad SMARTS) is 1. The number of aromatic amines is 1. The van der Waals surface area contributed by atoms with Gasteiger partial charge in [0.15, 0.2) is 0 Å². The Bertz CT molecular complexity index is 1250. The summed E-state index contributed by atoms with van der Waals surface area (Å²) in [7, 11) is 0. The van der Waals surface area contributed by atoms with Crippen LogP contribution in [0.4, 0.5) is 13.2 Å². The van der Waals surface area contributed by atoms with Gasteiger partial charge in [-0.1, -0.05) is 29.8 Å². The van der Waals surface area contributed by atoms with E-state index in [1.165, 1.54) is 12.1 Å². The van der Waals surface area contributed by atoms with Crippen LogP contribution in [0.2, 0.25) is 5.02 Å². The number of nitrogens with one attached hydrogen (secondary N) is 2. The van der Waals surface area contributed by atoms with Crippen molar-refractivity contribution in [2.45, 2.75) is 12.6 Å². The number of carboxylic acids is 1. The number of fused-ring (bicyclic) bond motifs is 1. The summed E-state index contributed by atoms with van der Waals surface area (Å²) in [5.41, 5.74) is -3.33. The molecule has 11 heteroatoms. The average Bonchev–Trinajstić information content (AvgIpc) is 2.67. The predicted octanol–water partition coefficient (Wildman–Crippen LogP) is 3.31. The van der Waals surface area contributed by atoms with Gasteiger partial charge in [0.05, 0.1) is 11.1 Å². The number of rotatable bonds is 5. The van der Waals surface area contributed by atoms with E-state index in [1.807, 2.05) is 5.32 Å². The van der Waals surface area contributed by atoms with Gasteiger partial charge in [0, 0.05) is 16.8 Å². The molecule has 31 heavy (non-hydrogen) atoms. The van der Waals surface area contributed by atoms with Crippen molar-refractivity contribution < 1.29 is 33.0 Å². The fourth-order valence-electron chi connectivity index (χ4n) is 3.14. The van der Waals surface area contributed by atoms with Gasteiger partial charge in [0.1, 0.15) is 17.9 Å². The van der Waals surface area contributed by atoms with Gasteiger partial charge in [-0.15, -0.1) is 0 Å². The Hall–Kier alpha value is -3.53. The number of pyridine rings is 1. The highest BCUT2D eigenvalue weighted by molar-refractivity contribution is 6.31. The number of H-pyrrole nitrogens is 1. The lowest BCUT2D eigenvalue weighted by atomic mass is 9.95. The molecule has 0 spiro atoms. The number of amides is 1. The molecule has 4 N–H and O–H groups in total. The first kappa shape index (κ1) is 22.2. The third-order valence-corrected chi connectivity index (χ3v) is 4.90. The molecular formula is C20H14ClF3N2O5. The zero-order chi connectivity index (χ0) is 22.9. The van der Waals surface area contributed by atoms with Crippen molar-refractivity contribution in [3.8, 4) is 5.75 Å². The maximum Gasteiger partial charge on any atom is 0.416 e. The zero-order valence-corrected chi connectivity index (χ0v) is 16.3. The van der Waals surface area contributed by atoms with Gasteiger partial charge in [0.25, 0.3) is 11.5 Å². The number of aromatic nitrogens is 1. The highest BCUT2D eigenvalue weighted by atomic mass is 35.5. The molecule has 0 atom stereocenters. The van der Waals surface area contributed by atoms with E-state index in [9.17, 15) is 32.7 Å². The standard InChI is InChI=1S/C20H14ClF3N2O5/c21-13-4-2-1-3-9(13)7-11-12(20(22,23)24)6-5-10-16(11)26-19(31)15(17(10)29)18(30)25-8-14(27)28/h1-6H,7-8H2,(H,25,30)(H,27,28)(H2,26,29,31). The van der Waals surface area contributed by atoms with E-state index in [4.69, 9.17) is 16.7 Å². The van der Waals surface area contributed by atoms with Crippen LogP contribution in [0.5, 0.6) is 5.75 Å². The van der Waals surface area contributed by atoms with Crippen molar-refractivity contribution in [1.29, 1.82) is 0 Å². The van der Waals surface area contributed by atoms with Crippen molar-refractivity contribution >= 4 is 34.4 Å². The number of carbonyl (C=O) groups is 2. The van der Waals surface area contributed by atoms with E-state index in [0.29, 0.717) is 5.56 Å². The van der Waals surface area contributed by atoms with Gasteiger partial charge in [-0.25, -0.2) is 0 Å². The molecule has 0 bridgehead atoms. The Balaban J connectivity index is 2.25. The quantitative estimate of drug-likeness (QED) is 0.471. The Kier molecular flexibility index (Phi) is 5.94. The van der Waals surface area contributed by atoms with Crippen molar-refractivity contribution in [2.24, 2.45) is 0 Å². The first-order chi connectivity index (χ1) is 14.5. The lowest BCUT2D eigenvalue weighted by Gasteiger charge is -2.17. The first-order valence-corrected chi connectivity index (χ1v) is 9.10. The highest BCUT2D eigenvalue weighted by Gasteiger charge is 2.35. The fourth-order valence-corrected chi connectivity index (χ4v) is 3.35. The average molecular weight is 455 g/mol. The maximum atomic E-state index is 13.7. The molecule has 0 aliphatic carbocycles. The topological polar surface area (TPSA) is 119 Å². The summed E-state index contributed by atoms with van der Waals surface area (Å²) in [6.45, 7) is -0.819. The second-order valence-electron chi connectivity index (χ2n) is 6.53. The van der Waals surface area contributed by atoms with Crippen molar-refractivity contribution in [2.75, 3.05) is 6.54 Å². The number of aromatic hydroxyl groups is 1. The number of carbonyl (C=O) groups excluding carboxylic acids is 1. The van der Waals surface area contributed by atoms with Crippen molar-refractivity contribution in [1.82, 2.24) is 10.3 Å². The summed E-state index contributed by atoms with van der Waals surface area (Å²) < 4.78 is 41.0. The van der Waals surface area contributed by atoms with Crippen LogP contribution in [0.3, 0.4) is 0 Å². The van der Waals surface area contributed by atoms with Gasteiger partial charge in [0.2, 0.25) is 0 Å². The minimum Gasteiger partial charge on any atom is -0.506 e. The van der Waals surface area contributed by atoms with Gasteiger partial charge in [-0.3, -0.25) is 14.4 Å². The van der Waals surface area contributed by atoms with Crippen LogP contribution in [0, 0.1) is 0 Å². The lowest BCUT2D eigenvalue weighted by Crippen LogP contribution is -2.33. The van der Waals surface area contributed by atoms with E-state index in [0.717, 1.165) is 12.1 Å². The minimum absolute atomic E-state index is 0.212. The molecule has 0 aliphatic heterocycles. The van der Waals surface area contributed by atoms with Crippen LogP contribution in [-0.2, 0) is 17.4 Å². The molecule has 0 radical (unpaired) electrons. The van der Waals surface area contributed by atoms with E-state index < -0.39 is 47.0 Å². The van der Waals surface area contributed by atoms with Crippen LogP contribution in [0.15, 0.2) is 41.2 Å². The molecule has 3 rings (SSSR count). The Morgan fingerprint density at radius 3 is 2.42 bits per heavy atom. The van der Waals surface area contributed by atoms with Gasteiger partial charge in [-0.05, 0) is 29.3 Å². The third kappa shape index (κ3) is 4.48. The predicted molar refractivity (Wildman–Crippen MR) is 105 cm³/mol. The molecule has 1 aromatic heterocycles. The first-order valence-electron chi connectivity index (χ1n) is 8.72. The van der Waals surface area contributed by atoms with Crippen molar-refractivity contribution in [3.63, 3.8) is 0 Å². The summed E-state index contributed by atoms with van der Waals surface area (Å²) in [6, 6.07) is 7.87. The van der Waals surface area contributed by atoms with Crippen molar-refractivity contribution in [3.05, 3.63) is 74.0 Å². The highest BCUT2D eigenvalue weighted by Crippen LogP contribution is 2.38. The largest absolute Gasteiger partial charge is 0.506 e. The number of hydrogen-bond acceptors (Lipinski definition) is 4. The molecular weight excluding hydrogens is 441 g/mol. The van der Waals surface area contributed by atoms with Gasteiger partial charge >= 0.3 is 12.1 Å². The van der Waals surface area contributed by atoms with Crippen LogP contribution >= 0.6 is 11.6 Å². The van der Waals surface area contributed by atoms with Crippen LogP contribution in [-0.4, -0.2) is 33.6 Å². The van der Waals surface area contributed by atoms with E-state index in [1.54, 1.807) is 12.1 Å². The van der Waals surface area contributed by atoms with Crippen LogP contribution in [0.1, 0.15) is 27.0 Å². The summed E-state index contributed by atoms with van der Waals surface area (Å²) in [6.07, 6.45) is -5.08. The monoisotopic (exact) mass is 454 g/mol. The van der Waals surface area contributed by atoms with E-state index >= 15 is 0 Å². The Morgan fingerprint density at radius 1 is 1.13 bits per heavy atom. The number of benzene rings is 2. The normalized spacial score (nSPS) is 11.5. The summed E-state index contributed by atoms with van der Waals surface area (Å²) in [4.78, 5) is 37.4. The SMILES string of the molecule is O=C(O)CNC(=O)c1c(O)c2ccc(C(F)(F)F)c(Cc3ccccc3Cl)c2[nH]c1=O. The number of alkyl halides is 3. The second kappa shape index (κ2) is 8.31. The van der Waals surface area contributed by atoms with Crippen LogP contribution in [0.25, 0.3) is 10.9 Å². The molecule has 3 aromatic rings. The molecule has 0 unspecified atom stereocenters. The summed E-state index contributed by atoms with van der Waals surface area (Å²) in [5, 5.41) is 21.0. The van der Waals surface area contributed by atoms with E-state index in [2.05, 4.69) is 4.98 Å². The Labute approximate surface area is 177 Å². The molecule has 1 heterocycles. The summed E-state index contributed by atoms with van der Waals surface area (Å²) in [5.74, 6) is -3.44. The van der Waals surface area contributed by atoms with Crippen LogP contribution < -0.4 is 10.9 Å². The maximum absolute atomic E-state index is 13.7. The molecule has 0 aliphatic rings. The van der Waals surface area contributed by atoms with Gasteiger partial charge < -0.3 is 20.5 Å². The molecule has 162 valence electrons.